The Morgan fingerprint density at radius 3 is 2.38 bits per heavy atom. The number of pyridine rings is 1. The van der Waals surface area contributed by atoms with Crippen molar-refractivity contribution in [1.29, 1.82) is 5.26 Å². The number of amides is 1. The van der Waals surface area contributed by atoms with E-state index in [1.807, 2.05) is 17.0 Å². The number of nitriles is 1. The maximum Gasteiger partial charge on any atom is 0.573 e. The van der Waals surface area contributed by atoms with Crippen molar-refractivity contribution in [3.05, 3.63) is 48.3 Å². The average molecular weight is 405 g/mol. The molecule has 2 aromatic rings. The van der Waals surface area contributed by atoms with Gasteiger partial charge in [-0.1, -0.05) is 0 Å². The molecule has 0 aliphatic carbocycles. The molecule has 1 aromatic heterocycles. The molecule has 0 saturated carbocycles. The minimum atomic E-state index is -4.75. The average Bonchev–Trinajstić information content (AvgIpc) is 2.69. The smallest absolute Gasteiger partial charge is 0.406 e. The molecule has 0 unspecified atom stereocenters. The Morgan fingerprint density at radius 1 is 1.14 bits per heavy atom. The van der Waals surface area contributed by atoms with Gasteiger partial charge >= 0.3 is 6.36 Å². The molecule has 1 aromatic carbocycles. The summed E-state index contributed by atoms with van der Waals surface area (Å²) in [7, 11) is 0. The highest BCUT2D eigenvalue weighted by molar-refractivity contribution is 5.92. The molecular weight excluding hydrogens is 387 g/mol. The molecule has 10 heteroatoms. The van der Waals surface area contributed by atoms with Crippen LogP contribution < -0.4 is 15.0 Å². The number of benzene rings is 1. The van der Waals surface area contributed by atoms with Crippen LogP contribution in [0.5, 0.6) is 5.75 Å². The maximum atomic E-state index is 12.2. The SMILES string of the molecule is N#Cc1ccc(N2CCN(CC(=O)Nc3ccc(OC(F)(F)F)cc3)CC2)cn1. The first-order valence-corrected chi connectivity index (χ1v) is 8.81. The first kappa shape index (κ1) is 20.4. The summed E-state index contributed by atoms with van der Waals surface area (Å²) in [6.45, 7) is 2.95. The fourth-order valence-corrected chi connectivity index (χ4v) is 2.95. The van der Waals surface area contributed by atoms with E-state index in [1.54, 1.807) is 12.3 Å². The molecule has 7 nitrogen and oxygen atoms in total. The molecule has 0 radical (unpaired) electrons. The van der Waals surface area contributed by atoms with Crippen molar-refractivity contribution in [2.75, 3.05) is 42.9 Å². The molecule has 1 saturated heterocycles. The fourth-order valence-electron chi connectivity index (χ4n) is 2.95. The molecule has 0 atom stereocenters. The Bertz CT molecular complexity index is 871. The van der Waals surface area contributed by atoms with Crippen molar-refractivity contribution >= 4 is 17.3 Å². The van der Waals surface area contributed by atoms with Crippen molar-refractivity contribution < 1.29 is 22.7 Å². The first-order valence-electron chi connectivity index (χ1n) is 8.81. The summed E-state index contributed by atoms with van der Waals surface area (Å²) in [4.78, 5) is 20.4. The van der Waals surface area contributed by atoms with Gasteiger partial charge in [-0.15, -0.1) is 13.2 Å². The number of piperazine rings is 1. The molecule has 0 bridgehead atoms. The van der Waals surface area contributed by atoms with Crippen LogP contribution >= 0.6 is 0 Å². The summed E-state index contributed by atoms with van der Waals surface area (Å²) in [5, 5.41) is 11.5. The van der Waals surface area contributed by atoms with Crippen molar-refractivity contribution in [2.24, 2.45) is 0 Å². The van der Waals surface area contributed by atoms with E-state index in [4.69, 9.17) is 5.26 Å². The predicted molar refractivity (Wildman–Crippen MR) is 99.4 cm³/mol. The normalized spacial score (nSPS) is 14.9. The molecule has 2 heterocycles. The van der Waals surface area contributed by atoms with Gasteiger partial charge in [0.15, 0.2) is 0 Å². The number of nitrogens with one attached hydrogen (secondary N) is 1. The number of halogens is 3. The van der Waals surface area contributed by atoms with Crippen LogP contribution in [0, 0.1) is 11.3 Å². The maximum absolute atomic E-state index is 12.2. The van der Waals surface area contributed by atoms with Crippen molar-refractivity contribution in [3.63, 3.8) is 0 Å². The van der Waals surface area contributed by atoms with E-state index < -0.39 is 6.36 Å². The first-order chi connectivity index (χ1) is 13.8. The predicted octanol–water partition coefficient (Wildman–Crippen LogP) is 2.61. The highest BCUT2D eigenvalue weighted by Gasteiger charge is 2.31. The van der Waals surface area contributed by atoms with Crippen LogP contribution in [0.15, 0.2) is 42.6 Å². The van der Waals surface area contributed by atoms with Gasteiger partial charge in [0.2, 0.25) is 5.91 Å². The monoisotopic (exact) mass is 405 g/mol. The van der Waals surface area contributed by atoms with E-state index >= 15 is 0 Å². The van der Waals surface area contributed by atoms with Crippen LogP contribution in [0.2, 0.25) is 0 Å². The molecule has 1 fully saturated rings. The van der Waals surface area contributed by atoms with Gasteiger partial charge in [0.05, 0.1) is 18.4 Å². The van der Waals surface area contributed by atoms with Gasteiger partial charge in [-0.2, -0.15) is 5.26 Å². The number of alkyl halides is 3. The van der Waals surface area contributed by atoms with Crippen LogP contribution in [-0.4, -0.2) is 54.9 Å². The van der Waals surface area contributed by atoms with Gasteiger partial charge in [-0.25, -0.2) is 4.98 Å². The number of rotatable bonds is 5. The lowest BCUT2D eigenvalue weighted by Gasteiger charge is -2.35. The summed E-state index contributed by atoms with van der Waals surface area (Å²) in [5.41, 5.74) is 1.68. The molecule has 1 aliphatic rings. The number of carbonyl (C=O) groups is 1. The number of carbonyl (C=O) groups excluding carboxylic acids is 1. The zero-order chi connectivity index (χ0) is 20.9. The zero-order valence-corrected chi connectivity index (χ0v) is 15.3. The highest BCUT2D eigenvalue weighted by Crippen LogP contribution is 2.24. The topological polar surface area (TPSA) is 81.5 Å². The number of anilines is 2. The Labute approximate surface area is 165 Å². The molecule has 29 heavy (non-hydrogen) atoms. The summed E-state index contributed by atoms with van der Waals surface area (Å²) in [5.74, 6) is -0.591. The summed E-state index contributed by atoms with van der Waals surface area (Å²) >= 11 is 0. The zero-order valence-electron chi connectivity index (χ0n) is 15.3. The highest BCUT2D eigenvalue weighted by atomic mass is 19.4. The molecule has 1 aliphatic heterocycles. The minimum absolute atomic E-state index is 0.181. The summed E-state index contributed by atoms with van der Waals surface area (Å²) in [6.07, 6.45) is -3.09. The number of ether oxygens (including phenoxy) is 1. The van der Waals surface area contributed by atoms with Crippen LogP contribution in [0.25, 0.3) is 0 Å². The molecule has 152 valence electrons. The lowest BCUT2D eigenvalue weighted by Crippen LogP contribution is -2.48. The largest absolute Gasteiger partial charge is 0.573 e. The number of hydrogen-bond acceptors (Lipinski definition) is 6. The third-order valence-corrected chi connectivity index (χ3v) is 4.34. The van der Waals surface area contributed by atoms with E-state index in [1.165, 1.54) is 12.1 Å². The van der Waals surface area contributed by atoms with E-state index in [0.29, 0.717) is 37.6 Å². The second-order valence-electron chi connectivity index (χ2n) is 6.40. The Morgan fingerprint density at radius 2 is 1.83 bits per heavy atom. The van der Waals surface area contributed by atoms with Crippen LogP contribution in [0.3, 0.4) is 0 Å². The minimum Gasteiger partial charge on any atom is -0.406 e. The lowest BCUT2D eigenvalue weighted by atomic mass is 10.2. The quantitative estimate of drug-likeness (QED) is 0.824. The molecule has 0 spiro atoms. The Hall–Kier alpha value is -3.32. The van der Waals surface area contributed by atoms with Crippen molar-refractivity contribution in [2.45, 2.75) is 6.36 Å². The van der Waals surface area contributed by atoms with E-state index in [2.05, 4.69) is 19.9 Å². The van der Waals surface area contributed by atoms with Gasteiger partial charge in [0, 0.05) is 31.9 Å². The number of aromatic nitrogens is 1. The molecule has 3 rings (SSSR count). The Balaban J connectivity index is 1.45. The molecule has 1 N–H and O–H groups in total. The van der Waals surface area contributed by atoms with E-state index in [-0.39, 0.29) is 18.2 Å². The Kier molecular flexibility index (Phi) is 6.19. The van der Waals surface area contributed by atoms with Gasteiger partial charge in [-0.3, -0.25) is 9.69 Å². The van der Waals surface area contributed by atoms with Gasteiger partial charge in [0.1, 0.15) is 17.5 Å². The van der Waals surface area contributed by atoms with Crippen LogP contribution in [-0.2, 0) is 4.79 Å². The van der Waals surface area contributed by atoms with Crippen LogP contribution in [0.4, 0.5) is 24.5 Å². The molecule has 1 amide bonds. The number of nitrogens with zero attached hydrogens (tertiary/aromatic N) is 4. The third-order valence-electron chi connectivity index (χ3n) is 4.34. The second-order valence-corrected chi connectivity index (χ2v) is 6.40. The van der Waals surface area contributed by atoms with Gasteiger partial charge in [-0.05, 0) is 36.4 Å². The summed E-state index contributed by atoms with van der Waals surface area (Å²) < 4.78 is 40.3. The summed E-state index contributed by atoms with van der Waals surface area (Å²) in [6, 6.07) is 10.5. The van der Waals surface area contributed by atoms with Crippen LogP contribution in [0.1, 0.15) is 5.69 Å². The number of hydrogen-bond donors (Lipinski definition) is 1. The standard InChI is InChI=1S/C19H18F3N5O2/c20-19(21,22)29-17-5-2-14(3-6-17)25-18(28)13-26-7-9-27(10-8-26)16-4-1-15(11-23)24-12-16/h1-6,12H,7-10,13H2,(H,25,28). The van der Waals surface area contributed by atoms with Gasteiger partial charge < -0.3 is 15.0 Å². The fraction of sp³-hybridized carbons (Fsp3) is 0.316. The van der Waals surface area contributed by atoms with Gasteiger partial charge in [0.25, 0.3) is 0 Å². The van der Waals surface area contributed by atoms with Crippen molar-refractivity contribution in [3.8, 4) is 11.8 Å². The third kappa shape index (κ3) is 6.08. The van der Waals surface area contributed by atoms with Crippen molar-refractivity contribution in [1.82, 2.24) is 9.88 Å². The molecular formula is C19H18F3N5O2. The second kappa shape index (κ2) is 8.79. The lowest BCUT2D eigenvalue weighted by molar-refractivity contribution is -0.274. The van der Waals surface area contributed by atoms with E-state index in [0.717, 1.165) is 17.8 Å². The van der Waals surface area contributed by atoms with E-state index in [9.17, 15) is 18.0 Å².